The number of carbonyl (C=O) groups excluding carboxylic acids is 1. The molecule has 2 aromatic heterocycles. The SMILES string of the molecule is Cc1nn(C)c(C)c1NC(=O)[C@@H](C)Sc1nnc(COc2ccc(C(C)C)cc2)n1N. The molecule has 9 nitrogen and oxygen atoms in total. The van der Waals surface area contributed by atoms with Crippen LogP contribution in [-0.4, -0.2) is 35.8 Å². The van der Waals surface area contributed by atoms with Crippen molar-refractivity contribution in [1.82, 2.24) is 24.7 Å². The third-order valence-electron chi connectivity index (χ3n) is 5.06. The predicted molar refractivity (Wildman–Crippen MR) is 122 cm³/mol. The van der Waals surface area contributed by atoms with Gasteiger partial charge >= 0.3 is 0 Å². The van der Waals surface area contributed by atoms with Crippen LogP contribution in [0.15, 0.2) is 29.4 Å². The van der Waals surface area contributed by atoms with E-state index in [1.807, 2.05) is 45.2 Å². The van der Waals surface area contributed by atoms with E-state index >= 15 is 0 Å². The van der Waals surface area contributed by atoms with Crippen molar-refractivity contribution in [3.05, 3.63) is 47.0 Å². The molecule has 0 unspecified atom stereocenters. The first-order chi connectivity index (χ1) is 14.7. The van der Waals surface area contributed by atoms with E-state index < -0.39 is 5.25 Å². The van der Waals surface area contributed by atoms with Gasteiger partial charge < -0.3 is 15.9 Å². The van der Waals surface area contributed by atoms with Crippen molar-refractivity contribution >= 4 is 23.4 Å². The number of hydrogen-bond acceptors (Lipinski definition) is 7. The molecular formula is C21H29N7O2S. The third kappa shape index (κ3) is 5.19. The average Bonchev–Trinajstić information content (AvgIpc) is 3.20. The highest BCUT2D eigenvalue weighted by molar-refractivity contribution is 8.00. The number of aryl methyl sites for hydroxylation is 2. The molecule has 31 heavy (non-hydrogen) atoms. The molecule has 10 heteroatoms. The number of benzene rings is 1. The van der Waals surface area contributed by atoms with Gasteiger partial charge in [0.05, 0.1) is 22.3 Å². The summed E-state index contributed by atoms with van der Waals surface area (Å²) < 4.78 is 8.88. The monoisotopic (exact) mass is 443 g/mol. The van der Waals surface area contributed by atoms with Gasteiger partial charge in [-0.2, -0.15) is 5.10 Å². The smallest absolute Gasteiger partial charge is 0.237 e. The molecule has 1 aromatic carbocycles. The summed E-state index contributed by atoms with van der Waals surface area (Å²) in [5.41, 5.74) is 3.64. The van der Waals surface area contributed by atoms with Crippen LogP contribution in [0.25, 0.3) is 0 Å². The number of ether oxygens (including phenoxy) is 1. The van der Waals surface area contributed by atoms with Gasteiger partial charge in [0.15, 0.2) is 5.82 Å². The molecule has 166 valence electrons. The lowest BCUT2D eigenvalue weighted by atomic mass is 10.0. The highest BCUT2D eigenvalue weighted by atomic mass is 32.2. The van der Waals surface area contributed by atoms with Gasteiger partial charge in [-0.3, -0.25) is 9.48 Å². The van der Waals surface area contributed by atoms with Crippen LogP contribution in [0, 0.1) is 13.8 Å². The number of nitrogen functional groups attached to an aromatic ring is 1. The molecular weight excluding hydrogens is 414 g/mol. The van der Waals surface area contributed by atoms with Gasteiger partial charge in [-0.15, -0.1) is 10.2 Å². The Labute approximate surface area is 186 Å². The molecule has 0 spiro atoms. The van der Waals surface area contributed by atoms with E-state index in [9.17, 15) is 4.79 Å². The van der Waals surface area contributed by atoms with Crippen LogP contribution >= 0.6 is 11.8 Å². The Morgan fingerprint density at radius 2 is 1.87 bits per heavy atom. The van der Waals surface area contributed by atoms with Gasteiger partial charge in [0, 0.05) is 7.05 Å². The zero-order valence-corrected chi connectivity index (χ0v) is 19.5. The fourth-order valence-corrected chi connectivity index (χ4v) is 3.76. The molecule has 0 aliphatic carbocycles. The minimum atomic E-state index is -0.428. The maximum atomic E-state index is 12.6. The summed E-state index contributed by atoms with van der Waals surface area (Å²) in [6.45, 7) is 10.0. The summed E-state index contributed by atoms with van der Waals surface area (Å²) in [6.07, 6.45) is 0. The summed E-state index contributed by atoms with van der Waals surface area (Å²) in [5, 5.41) is 15.5. The molecule has 0 bridgehead atoms. The van der Waals surface area contributed by atoms with Crippen LogP contribution in [0.4, 0.5) is 5.69 Å². The van der Waals surface area contributed by atoms with Crippen LogP contribution in [-0.2, 0) is 18.4 Å². The predicted octanol–water partition coefficient (Wildman–Crippen LogP) is 3.16. The van der Waals surface area contributed by atoms with E-state index in [-0.39, 0.29) is 12.5 Å². The molecule has 0 saturated heterocycles. The molecule has 0 aliphatic rings. The highest BCUT2D eigenvalue weighted by Gasteiger charge is 2.22. The topological polar surface area (TPSA) is 113 Å². The average molecular weight is 444 g/mol. The number of amides is 1. The van der Waals surface area contributed by atoms with Crippen LogP contribution < -0.4 is 15.9 Å². The normalized spacial score (nSPS) is 12.2. The zero-order valence-electron chi connectivity index (χ0n) is 18.7. The number of aromatic nitrogens is 5. The van der Waals surface area contributed by atoms with Crippen molar-refractivity contribution in [3.8, 4) is 5.75 Å². The molecule has 2 heterocycles. The first kappa shape index (κ1) is 22.7. The summed E-state index contributed by atoms with van der Waals surface area (Å²) in [4.78, 5) is 12.6. The summed E-state index contributed by atoms with van der Waals surface area (Å²) >= 11 is 1.23. The Morgan fingerprint density at radius 3 is 2.45 bits per heavy atom. The van der Waals surface area contributed by atoms with Crippen molar-refractivity contribution in [2.75, 3.05) is 11.2 Å². The van der Waals surface area contributed by atoms with E-state index in [4.69, 9.17) is 10.6 Å². The highest BCUT2D eigenvalue weighted by Crippen LogP contribution is 2.25. The Balaban J connectivity index is 1.59. The first-order valence-corrected chi connectivity index (χ1v) is 10.9. The molecule has 1 atom stereocenters. The Morgan fingerprint density at radius 1 is 1.19 bits per heavy atom. The second-order valence-electron chi connectivity index (χ2n) is 7.70. The number of thioether (sulfide) groups is 1. The van der Waals surface area contributed by atoms with Crippen molar-refractivity contribution in [2.24, 2.45) is 7.05 Å². The van der Waals surface area contributed by atoms with E-state index in [1.54, 1.807) is 11.6 Å². The van der Waals surface area contributed by atoms with Crippen molar-refractivity contribution in [2.45, 2.75) is 57.5 Å². The largest absolute Gasteiger partial charge is 0.486 e. The van der Waals surface area contributed by atoms with E-state index in [2.05, 4.69) is 34.5 Å². The van der Waals surface area contributed by atoms with Gasteiger partial charge in [-0.25, -0.2) is 4.68 Å². The van der Waals surface area contributed by atoms with Gasteiger partial charge in [0.1, 0.15) is 12.4 Å². The van der Waals surface area contributed by atoms with Gasteiger partial charge in [0.25, 0.3) is 0 Å². The van der Waals surface area contributed by atoms with Crippen molar-refractivity contribution in [3.63, 3.8) is 0 Å². The van der Waals surface area contributed by atoms with Crippen LogP contribution in [0.3, 0.4) is 0 Å². The van der Waals surface area contributed by atoms with Gasteiger partial charge in [-0.05, 0) is 44.4 Å². The summed E-state index contributed by atoms with van der Waals surface area (Å²) in [5.74, 6) is 7.64. The third-order valence-corrected chi connectivity index (χ3v) is 6.12. The van der Waals surface area contributed by atoms with Gasteiger partial charge in [-0.1, -0.05) is 37.7 Å². The summed E-state index contributed by atoms with van der Waals surface area (Å²) in [7, 11) is 1.84. The maximum absolute atomic E-state index is 12.6. The van der Waals surface area contributed by atoms with Crippen LogP contribution in [0.2, 0.25) is 0 Å². The number of hydrogen-bond donors (Lipinski definition) is 2. The Kier molecular flexibility index (Phi) is 6.89. The van der Waals surface area contributed by atoms with E-state index in [0.717, 1.165) is 22.8 Å². The van der Waals surface area contributed by atoms with Gasteiger partial charge in [0.2, 0.25) is 11.1 Å². The zero-order chi connectivity index (χ0) is 22.7. The Bertz CT molecular complexity index is 1060. The Hall–Kier alpha value is -3.01. The molecule has 0 radical (unpaired) electrons. The molecule has 0 fully saturated rings. The lowest BCUT2D eigenvalue weighted by Gasteiger charge is -2.12. The molecule has 0 saturated carbocycles. The molecule has 0 aliphatic heterocycles. The lowest BCUT2D eigenvalue weighted by Crippen LogP contribution is -2.24. The number of nitrogens with zero attached hydrogens (tertiary/aromatic N) is 5. The molecule has 3 rings (SSSR count). The number of rotatable bonds is 8. The number of nitrogens with two attached hydrogens (primary N) is 1. The van der Waals surface area contributed by atoms with Crippen molar-refractivity contribution < 1.29 is 9.53 Å². The second-order valence-corrected chi connectivity index (χ2v) is 9.01. The molecule has 1 amide bonds. The standard InChI is InChI=1S/C21H29N7O2S/c1-12(2)16-7-9-17(10-8-16)30-11-18-24-25-21(28(18)22)31-15(5)20(29)23-19-13(3)26-27(6)14(19)4/h7-10,12,15H,11,22H2,1-6H3,(H,23,29)/t15-/m1/s1. The second kappa shape index (κ2) is 9.42. The minimum Gasteiger partial charge on any atom is -0.486 e. The molecule has 3 aromatic rings. The number of anilines is 1. The van der Waals surface area contributed by atoms with Crippen molar-refractivity contribution in [1.29, 1.82) is 0 Å². The first-order valence-electron chi connectivity index (χ1n) is 10.1. The van der Waals surface area contributed by atoms with Crippen LogP contribution in [0.5, 0.6) is 5.75 Å². The minimum absolute atomic E-state index is 0.157. The summed E-state index contributed by atoms with van der Waals surface area (Å²) in [6, 6.07) is 7.94. The van der Waals surface area contributed by atoms with E-state index in [0.29, 0.717) is 16.9 Å². The van der Waals surface area contributed by atoms with Crippen LogP contribution in [0.1, 0.15) is 49.5 Å². The van der Waals surface area contributed by atoms with E-state index in [1.165, 1.54) is 22.0 Å². The fraction of sp³-hybridized carbons (Fsp3) is 0.429. The fourth-order valence-electron chi connectivity index (χ4n) is 2.97. The number of carbonyl (C=O) groups is 1. The molecule has 3 N–H and O–H groups in total. The lowest BCUT2D eigenvalue weighted by molar-refractivity contribution is -0.115. The maximum Gasteiger partial charge on any atom is 0.237 e. The number of nitrogens with one attached hydrogen (secondary N) is 1. The quantitative estimate of drug-likeness (QED) is 0.406.